The van der Waals surface area contributed by atoms with Crippen molar-refractivity contribution in [3.05, 3.63) is 0 Å². The molecule has 1 heterocycles. The molecule has 78 valence electrons. The molecule has 1 fully saturated rings. The van der Waals surface area contributed by atoms with E-state index in [9.17, 15) is 0 Å². The first kappa shape index (κ1) is 11.0. The molecule has 0 aromatic heterocycles. The van der Waals surface area contributed by atoms with E-state index in [1.54, 1.807) is 0 Å². The van der Waals surface area contributed by atoms with Crippen molar-refractivity contribution >= 4 is 0 Å². The predicted octanol–water partition coefficient (Wildman–Crippen LogP) is 2.18. The van der Waals surface area contributed by atoms with Gasteiger partial charge in [-0.15, -0.1) is 0 Å². The highest BCUT2D eigenvalue weighted by Crippen LogP contribution is 2.32. The van der Waals surface area contributed by atoms with Crippen LogP contribution in [0.25, 0.3) is 0 Å². The Kier molecular flexibility index (Phi) is 3.74. The van der Waals surface area contributed by atoms with E-state index < -0.39 is 0 Å². The van der Waals surface area contributed by atoms with Gasteiger partial charge in [0.2, 0.25) is 0 Å². The second-order valence-electron chi connectivity index (χ2n) is 4.82. The third-order valence-electron chi connectivity index (χ3n) is 3.59. The Morgan fingerprint density at radius 3 is 2.38 bits per heavy atom. The van der Waals surface area contributed by atoms with Gasteiger partial charge in [-0.2, -0.15) is 0 Å². The fourth-order valence-corrected chi connectivity index (χ4v) is 1.95. The molecule has 1 aliphatic heterocycles. The van der Waals surface area contributed by atoms with Crippen LogP contribution in [0, 0.1) is 11.3 Å². The average Bonchev–Trinajstić information content (AvgIpc) is 2.18. The first-order valence-corrected chi connectivity index (χ1v) is 5.41. The summed E-state index contributed by atoms with van der Waals surface area (Å²) in [6.45, 7) is 8.57. The van der Waals surface area contributed by atoms with Crippen LogP contribution in [0.2, 0.25) is 0 Å². The van der Waals surface area contributed by atoms with Crippen LogP contribution in [0.4, 0.5) is 0 Å². The SMILES string of the molecule is CCC(C)(C)C(N)C1CCOCC1. The number of rotatable bonds is 3. The summed E-state index contributed by atoms with van der Waals surface area (Å²) in [6, 6.07) is 0.335. The quantitative estimate of drug-likeness (QED) is 0.731. The van der Waals surface area contributed by atoms with E-state index in [1.165, 1.54) is 0 Å². The molecule has 1 unspecified atom stereocenters. The normalized spacial score (nSPS) is 23.1. The van der Waals surface area contributed by atoms with Crippen LogP contribution in [0.3, 0.4) is 0 Å². The lowest BCUT2D eigenvalue weighted by atomic mass is 9.74. The summed E-state index contributed by atoms with van der Waals surface area (Å²) in [4.78, 5) is 0. The fraction of sp³-hybridized carbons (Fsp3) is 1.00. The molecule has 0 bridgehead atoms. The minimum absolute atomic E-state index is 0.280. The van der Waals surface area contributed by atoms with Gasteiger partial charge in [0.25, 0.3) is 0 Å². The Labute approximate surface area is 81.8 Å². The van der Waals surface area contributed by atoms with E-state index in [0.717, 1.165) is 32.5 Å². The van der Waals surface area contributed by atoms with Crippen molar-refractivity contribution in [3.63, 3.8) is 0 Å². The fourth-order valence-electron chi connectivity index (χ4n) is 1.95. The minimum Gasteiger partial charge on any atom is -0.381 e. The maximum atomic E-state index is 6.28. The lowest BCUT2D eigenvalue weighted by molar-refractivity contribution is 0.0400. The molecule has 0 aliphatic carbocycles. The molecule has 2 N–H and O–H groups in total. The molecule has 13 heavy (non-hydrogen) atoms. The Morgan fingerprint density at radius 2 is 1.92 bits per heavy atom. The first-order chi connectivity index (χ1) is 6.08. The minimum atomic E-state index is 0.280. The maximum Gasteiger partial charge on any atom is 0.0469 e. The summed E-state index contributed by atoms with van der Waals surface area (Å²) < 4.78 is 5.34. The largest absolute Gasteiger partial charge is 0.381 e. The van der Waals surface area contributed by atoms with Crippen molar-refractivity contribution in [1.82, 2.24) is 0 Å². The molecule has 1 rings (SSSR count). The van der Waals surface area contributed by atoms with Gasteiger partial charge in [0.05, 0.1) is 0 Å². The van der Waals surface area contributed by atoms with Crippen LogP contribution in [0.5, 0.6) is 0 Å². The first-order valence-electron chi connectivity index (χ1n) is 5.41. The van der Waals surface area contributed by atoms with Gasteiger partial charge < -0.3 is 10.5 Å². The summed E-state index contributed by atoms with van der Waals surface area (Å²) in [5, 5.41) is 0. The standard InChI is InChI=1S/C11H23NO/c1-4-11(2,3)10(12)9-5-7-13-8-6-9/h9-10H,4-8,12H2,1-3H3. The van der Waals surface area contributed by atoms with Gasteiger partial charge >= 0.3 is 0 Å². The highest BCUT2D eigenvalue weighted by Gasteiger charge is 2.32. The lowest BCUT2D eigenvalue weighted by Crippen LogP contribution is -2.45. The highest BCUT2D eigenvalue weighted by molar-refractivity contribution is 4.86. The molecule has 0 radical (unpaired) electrons. The van der Waals surface area contributed by atoms with Crippen LogP contribution < -0.4 is 5.73 Å². The Morgan fingerprint density at radius 1 is 1.38 bits per heavy atom. The van der Waals surface area contributed by atoms with Gasteiger partial charge in [-0.1, -0.05) is 20.8 Å². The van der Waals surface area contributed by atoms with Crippen LogP contribution in [-0.2, 0) is 4.74 Å². The molecule has 0 aromatic rings. The maximum absolute atomic E-state index is 6.28. The van der Waals surface area contributed by atoms with E-state index in [1.807, 2.05) is 0 Å². The zero-order chi connectivity index (χ0) is 9.90. The number of nitrogens with two attached hydrogens (primary N) is 1. The van der Waals surface area contributed by atoms with Gasteiger partial charge in [-0.05, 0) is 30.6 Å². The third-order valence-corrected chi connectivity index (χ3v) is 3.59. The molecule has 1 saturated heterocycles. The van der Waals surface area contributed by atoms with Gasteiger partial charge in [-0.25, -0.2) is 0 Å². The van der Waals surface area contributed by atoms with Gasteiger partial charge in [-0.3, -0.25) is 0 Å². The average molecular weight is 185 g/mol. The summed E-state index contributed by atoms with van der Waals surface area (Å²) in [6.07, 6.45) is 3.45. The van der Waals surface area contributed by atoms with E-state index >= 15 is 0 Å². The molecule has 0 spiro atoms. The zero-order valence-electron chi connectivity index (χ0n) is 9.18. The van der Waals surface area contributed by atoms with E-state index in [4.69, 9.17) is 10.5 Å². The van der Waals surface area contributed by atoms with Gasteiger partial charge in [0, 0.05) is 19.3 Å². The summed E-state index contributed by atoms with van der Waals surface area (Å²) in [5.74, 6) is 0.670. The van der Waals surface area contributed by atoms with E-state index in [2.05, 4.69) is 20.8 Å². The molecule has 2 heteroatoms. The topological polar surface area (TPSA) is 35.2 Å². The summed E-state index contributed by atoms with van der Waals surface area (Å²) >= 11 is 0. The Bertz CT molecular complexity index is 150. The van der Waals surface area contributed by atoms with E-state index in [0.29, 0.717) is 12.0 Å². The molecule has 1 aliphatic rings. The van der Waals surface area contributed by atoms with Crippen molar-refractivity contribution in [2.75, 3.05) is 13.2 Å². The Hall–Kier alpha value is -0.0800. The second-order valence-corrected chi connectivity index (χ2v) is 4.82. The molecule has 0 saturated carbocycles. The molecule has 0 amide bonds. The lowest BCUT2D eigenvalue weighted by Gasteiger charge is -2.38. The summed E-state index contributed by atoms with van der Waals surface area (Å²) in [5.41, 5.74) is 6.56. The van der Waals surface area contributed by atoms with Gasteiger partial charge in [0.1, 0.15) is 0 Å². The molecule has 0 aromatic carbocycles. The molecular weight excluding hydrogens is 162 g/mol. The number of ether oxygens (including phenoxy) is 1. The van der Waals surface area contributed by atoms with Crippen LogP contribution in [0.1, 0.15) is 40.0 Å². The predicted molar refractivity (Wildman–Crippen MR) is 55.6 cm³/mol. The van der Waals surface area contributed by atoms with Crippen molar-refractivity contribution in [1.29, 1.82) is 0 Å². The summed E-state index contributed by atoms with van der Waals surface area (Å²) in [7, 11) is 0. The third kappa shape index (κ3) is 2.68. The van der Waals surface area contributed by atoms with Crippen molar-refractivity contribution < 1.29 is 4.74 Å². The smallest absolute Gasteiger partial charge is 0.0469 e. The van der Waals surface area contributed by atoms with Crippen molar-refractivity contribution in [2.45, 2.75) is 46.1 Å². The Balaban J connectivity index is 2.49. The van der Waals surface area contributed by atoms with Crippen LogP contribution in [-0.4, -0.2) is 19.3 Å². The molecule has 1 atom stereocenters. The van der Waals surface area contributed by atoms with Crippen molar-refractivity contribution in [2.24, 2.45) is 17.1 Å². The highest BCUT2D eigenvalue weighted by atomic mass is 16.5. The number of hydrogen-bond acceptors (Lipinski definition) is 2. The molecular formula is C11H23NO. The van der Waals surface area contributed by atoms with Crippen molar-refractivity contribution in [3.8, 4) is 0 Å². The van der Waals surface area contributed by atoms with E-state index in [-0.39, 0.29) is 5.41 Å². The number of hydrogen-bond donors (Lipinski definition) is 1. The van der Waals surface area contributed by atoms with Crippen LogP contribution >= 0.6 is 0 Å². The van der Waals surface area contributed by atoms with Gasteiger partial charge in [0.15, 0.2) is 0 Å². The molecule has 2 nitrogen and oxygen atoms in total. The second kappa shape index (κ2) is 4.43. The zero-order valence-corrected chi connectivity index (χ0v) is 9.18. The monoisotopic (exact) mass is 185 g/mol. The van der Waals surface area contributed by atoms with Crippen LogP contribution in [0.15, 0.2) is 0 Å².